The van der Waals surface area contributed by atoms with Crippen molar-refractivity contribution >= 4 is 29.0 Å². The summed E-state index contributed by atoms with van der Waals surface area (Å²) in [4.78, 5) is 16.3. The van der Waals surface area contributed by atoms with E-state index in [0.29, 0.717) is 18.9 Å². The summed E-state index contributed by atoms with van der Waals surface area (Å²) in [7, 11) is 0. The fourth-order valence-electron chi connectivity index (χ4n) is 6.06. The molecule has 4 aromatic carbocycles. The highest BCUT2D eigenvalue weighted by molar-refractivity contribution is 6.13. The number of anilines is 2. The van der Waals surface area contributed by atoms with Gasteiger partial charge in [-0.05, 0) is 53.3 Å². The summed E-state index contributed by atoms with van der Waals surface area (Å²) in [6, 6.07) is 34.3. The van der Waals surface area contributed by atoms with Crippen LogP contribution in [0.25, 0.3) is 11.1 Å². The van der Waals surface area contributed by atoms with Crippen LogP contribution in [0.5, 0.6) is 0 Å². The third kappa shape index (κ3) is 5.64. The molecule has 0 spiro atoms. The van der Waals surface area contributed by atoms with E-state index in [1.807, 2.05) is 72.8 Å². The molecule has 1 aliphatic carbocycles. The molecule has 1 aliphatic heterocycles. The van der Waals surface area contributed by atoms with E-state index in [2.05, 4.69) is 30.3 Å². The minimum atomic E-state index is -0.189. The Labute approximate surface area is 241 Å². The molecule has 0 saturated heterocycles. The Morgan fingerprint density at radius 3 is 2.20 bits per heavy atom. The third-order valence-corrected chi connectivity index (χ3v) is 8.06. The molecule has 0 unspecified atom stereocenters. The molecule has 6 rings (SSSR count). The van der Waals surface area contributed by atoms with Crippen molar-refractivity contribution in [1.29, 1.82) is 5.41 Å². The van der Waals surface area contributed by atoms with Crippen LogP contribution < -0.4 is 10.6 Å². The Morgan fingerprint density at radius 2 is 1.46 bits per heavy atom. The number of amidine groups is 1. The molecule has 1 fully saturated rings. The van der Waals surface area contributed by atoms with Gasteiger partial charge >= 0.3 is 6.03 Å². The number of nitrogens with two attached hydrogens (primary N) is 1. The minimum absolute atomic E-state index is 0.114. The third-order valence-electron chi connectivity index (χ3n) is 8.06. The highest BCUT2D eigenvalue weighted by Crippen LogP contribution is 2.38. The number of carbonyl (C=O) groups excluding carboxylic acids is 1. The Morgan fingerprint density at radius 1 is 0.805 bits per heavy atom. The van der Waals surface area contributed by atoms with Crippen molar-refractivity contribution in [3.63, 3.8) is 0 Å². The van der Waals surface area contributed by atoms with E-state index in [-0.39, 0.29) is 11.9 Å². The number of para-hydroxylation sites is 1. The lowest BCUT2D eigenvalue weighted by Gasteiger charge is -2.27. The molecule has 206 valence electrons. The fraction of sp³-hybridized carbons (Fsp3) is 0.229. The van der Waals surface area contributed by atoms with E-state index < -0.39 is 0 Å². The molecule has 6 nitrogen and oxygen atoms in total. The zero-order valence-electron chi connectivity index (χ0n) is 23.2. The van der Waals surface area contributed by atoms with Gasteiger partial charge in [0.2, 0.25) is 0 Å². The Kier molecular flexibility index (Phi) is 7.63. The molecular weight excluding hydrogens is 506 g/mol. The molecule has 3 N–H and O–H groups in total. The number of amides is 2. The van der Waals surface area contributed by atoms with Crippen LogP contribution in [-0.2, 0) is 13.0 Å². The molecule has 0 bridgehead atoms. The molecule has 2 amide bonds. The van der Waals surface area contributed by atoms with Crippen molar-refractivity contribution in [2.45, 2.75) is 45.1 Å². The average Bonchev–Trinajstić information content (AvgIpc) is 3.13. The van der Waals surface area contributed by atoms with E-state index in [9.17, 15) is 4.79 Å². The van der Waals surface area contributed by atoms with Crippen LogP contribution >= 0.6 is 0 Å². The van der Waals surface area contributed by atoms with Crippen LogP contribution in [0.3, 0.4) is 0 Å². The highest BCUT2D eigenvalue weighted by Gasteiger charge is 2.34. The van der Waals surface area contributed by atoms with Crippen LogP contribution in [0.2, 0.25) is 0 Å². The van der Waals surface area contributed by atoms with Gasteiger partial charge in [-0.15, -0.1) is 0 Å². The van der Waals surface area contributed by atoms with Crippen molar-refractivity contribution in [3.8, 4) is 11.1 Å². The number of hydrogen-bond donors (Lipinski definition) is 2. The van der Waals surface area contributed by atoms with Gasteiger partial charge in [0.05, 0.1) is 29.5 Å². The number of fused-ring (bicyclic) bond motifs is 1. The smallest absolute Gasteiger partial charge is 0.349 e. The second-order valence-electron chi connectivity index (χ2n) is 10.9. The molecule has 2 aliphatic rings. The van der Waals surface area contributed by atoms with Gasteiger partial charge in [-0.2, -0.15) is 5.10 Å². The normalized spacial score (nSPS) is 15.7. The number of nitrogens with zero attached hydrogens (tertiary/aromatic N) is 3. The molecular formula is C35H35N5O. The number of urea groups is 1. The maximum Gasteiger partial charge on any atom is 0.349 e. The van der Waals surface area contributed by atoms with E-state index in [1.165, 1.54) is 19.3 Å². The van der Waals surface area contributed by atoms with Crippen molar-refractivity contribution in [1.82, 2.24) is 5.01 Å². The van der Waals surface area contributed by atoms with Gasteiger partial charge in [-0.1, -0.05) is 104 Å². The second kappa shape index (κ2) is 11.8. The largest absolute Gasteiger partial charge is 0.387 e. The van der Waals surface area contributed by atoms with E-state index in [0.717, 1.165) is 57.7 Å². The predicted molar refractivity (Wildman–Crippen MR) is 167 cm³/mol. The maximum atomic E-state index is 14.5. The first-order valence-corrected chi connectivity index (χ1v) is 14.4. The van der Waals surface area contributed by atoms with Gasteiger partial charge in [0.15, 0.2) is 0 Å². The summed E-state index contributed by atoms with van der Waals surface area (Å²) >= 11 is 0. The quantitative estimate of drug-likeness (QED) is 0.184. The maximum absolute atomic E-state index is 14.5. The van der Waals surface area contributed by atoms with Crippen molar-refractivity contribution in [2.24, 2.45) is 16.8 Å². The zero-order chi connectivity index (χ0) is 28.2. The molecule has 0 atom stereocenters. The summed E-state index contributed by atoms with van der Waals surface area (Å²) < 4.78 is 0. The van der Waals surface area contributed by atoms with Crippen LogP contribution in [0, 0.1) is 11.3 Å². The van der Waals surface area contributed by atoms with Crippen molar-refractivity contribution in [3.05, 3.63) is 120 Å². The van der Waals surface area contributed by atoms with Crippen molar-refractivity contribution in [2.75, 3.05) is 4.90 Å². The van der Waals surface area contributed by atoms with E-state index in [4.69, 9.17) is 16.2 Å². The lowest BCUT2D eigenvalue weighted by atomic mass is 9.83. The molecule has 41 heavy (non-hydrogen) atoms. The van der Waals surface area contributed by atoms with Crippen LogP contribution in [0.4, 0.5) is 16.2 Å². The Balaban J connectivity index is 1.46. The number of carbonyl (C=O) groups is 1. The molecule has 1 heterocycles. The standard InChI is InChI=1S/C35H35N5O/c36-33(37)23-25-19-21-29(22-20-25)40-32-18-10-9-17-31(32)34(27-13-5-2-6-14-27)38-39(35(40)41)24-28-15-7-8-16-30(28)26-11-3-1-4-12-26/h1,3-4,7-12,15-22,27H,2,5-6,13-14,23-24H2,(H3,36,37). The van der Waals surface area contributed by atoms with Gasteiger partial charge in [-0.25, -0.2) is 9.80 Å². The Hall–Kier alpha value is -4.71. The van der Waals surface area contributed by atoms with Gasteiger partial charge in [-0.3, -0.25) is 10.3 Å². The first-order chi connectivity index (χ1) is 20.1. The lowest BCUT2D eigenvalue weighted by molar-refractivity contribution is 0.207. The molecule has 0 aromatic heterocycles. The van der Waals surface area contributed by atoms with Crippen molar-refractivity contribution < 1.29 is 4.79 Å². The first kappa shape index (κ1) is 26.5. The topological polar surface area (TPSA) is 85.8 Å². The summed E-state index contributed by atoms with van der Waals surface area (Å²) in [5.41, 5.74) is 13.4. The van der Waals surface area contributed by atoms with Gasteiger partial charge < -0.3 is 5.73 Å². The number of rotatable bonds is 7. The number of hydrazone groups is 1. The molecule has 4 aromatic rings. The zero-order valence-corrected chi connectivity index (χ0v) is 23.2. The monoisotopic (exact) mass is 541 g/mol. The van der Waals surface area contributed by atoms with Gasteiger partial charge in [0, 0.05) is 17.9 Å². The average molecular weight is 542 g/mol. The summed E-state index contributed by atoms with van der Waals surface area (Å²) in [5, 5.41) is 14.5. The number of benzene rings is 4. The molecule has 0 radical (unpaired) electrons. The second-order valence-corrected chi connectivity index (χ2v) is 10.9. The molecule has 6 heteroatoms. The highest BCUT2D eigenvalue weighted by atomic mass is 16.2. The summed E-state index contributed by atoms with van der Waals surface area (Å²) in [5.74, 6) is 0.421. The van der Waals surface area contributed by atoms with Crippen LogP contribution in [0.15, 0.2) is 108 Å². The Bertz CT molecular complexity index is 1570. The van der Waals surface area contributed by atoms with Crippen LogP contribution in [0.1, 0.15) is 48.8 Å². The molecule has 1 saturated carbocycles. The summed E-state index contributed by atoms with van der Waals surface area (Å²) in [6.07, 6.45) is 6.14. The van der Waals surface area contributed by atoms with E-state index >= 15 is 0 Å². The minimum Gasteiger partial charge on any atom is -0.387 e. The summed E-state index contributed by atoms with van der Waals surface area (Å²) in [6.45, 7) is 0.354. The predicted octanol–water partition coefficient (Wildman–Crippen LogP) is 7.89. The lowest BCUT2D eigenvalue weighted by Crippen LogP contribution is -2.37. The van der Waals surface area contributed by atoms with Gasteiger partial charge in [0.25, 0.3) is 0 Å². The number of nitrogens with one attached hydrogen (secondary N) is 1. The van der Waals surface area contributed by atoms with Gasteiger partial charge in [0.1, 0.15) is 0 Å². The number of hydrogen-bond acceptors (Lipinski definition) is 3. The first-order valence-electron chi connectivity index (χ1n) is 14.4. The van der Waals surface area contributed by atoms with E-state index in [1.54, 1.807) is 9.91 Å². The van der Waals surface area contributed by atoms with Crippen LogP contribution in [-0.4, -0.2) is 22.6 Å². The SMILES string of the molecule is N=C(N)Cc1ccc(N2C(=O)N(Cc3ccccc3-c3ccccc3)N=C(C3CCCCC3)c3ccccc32)cc1. The fourth-order valence-corrected chi connectivity index (χ4v) is 6.06.